The summed E-state index contributed by atoms with van der Waals surface area (Å²) in [6.45, 7) is 3.37. The maximum absolute atomic E-state index is 6.09. The summed E-state index contributed by atoms with van der Waals surface area (Å²) in [5.74, 6) is 0. The van der Waals surface area contributed by atoms with Gasteiger partial charge >= 0.3 is 0 Å². The Morgan fingerprint density at radius 3 is 3.00 bits per heavy atom. The molecular formula is C10H12ClN3S. The van der Waals surface area contributed by atoms with Crippen molar-refractivity contribution in [2.75, 3.05) is 18.4 Å². The second kappa shape index (κ2) is 4.35. The number of anilines is 1. The summed E-state index contributed by atoms with van der Waals surface area (Å²) in [5, 5.41) is 4.80. The van der Waals surface area contributed by atoms with Crippen LogP contribution in [0.4, 0.5) is 5.13 Å². The number of nitrogens with one attached hydrogen (secondary N) is 1. The average Bonchev–Trinajstić information content (AvgIpc) is 2.66. The Morgan fingerprint density at radius 2 is 2.33 bits per heavy atom. The molecule has 0 spiro atoms. The first-order chi connectivity index (χ1) is 7.22. The van der Waals surface area contributed by atoms with Crippen LogP contribution in [0.1, 0.15) is 5.56 Å². The zero-order valence-electron chi connectivity index (χ0n) is 8.38. The standard InChI is InChI=1S/C10H12ClN3S/c1-6-2-3-7(11)9-8(6)14-10(15-9)13-5-4-12/h2-3H,4-5,12H2,1H3,(H,13,14). The van der Waals surface area contributed by atoms with Crippen LogP contribution in [0.2, 0.25) is 5.02 Å². The predicted octanol–water partition coefficient (Wildman–Crippen LogP) is 2.63. The number of thiazole rings is 1. The van der Waals surface area contributed by atoms with Gasteiger partial charge in [-0.05, 0) is 18.6 Å². The van der Waals surface area contributed by atoms with E-state index in [1.54, 1.807) is 11.3 Å². The van der Waals surface area contributed by atoms with E-state index in [1.165, 1.54) is 0 Å². The van der Waals surface area contributed by atoms with Gasteiger partial charge in [-0.1, -0.05) is 29.0 Å². The molecule has 0 amide bonds. The Labute approximate surface area is 97.3 Å². The van der Waals surface area contributed by atoms with Crippen molar-refractivity contribution in [1.82, 2.24) is 4.98 Å². The van der Waals surface area contributed by atoms with Crippen LogP contribution >= 0.6 is 22.9 Å². The lowest BCUT2D eigenvalue weighted by Gasteiger charge is -1.96. The summed E-state index contributed by atoms with van der Waals surface area (Å²) in [5.41, 5.74) is 7.54. The minimum Gasteiger partial charge on any atom is -0.360 e. The smallest absolute Gasteiger partial charge is 0.183 e. The largest absolute Gasteiger partial charge is 0.360 e. The first kappa shape index (κ1) is 10.7. The Kier molecular flexibility index (Phi) is 3.09. The zero-order chi connectivity index (χ0) is 10.8. The van der Waals surface area contributed by atoms with Crippen molar-refractivity contribution in [2.45, 2.75) is 6.92 Å². The number of aromatic nitrogens is 1. The zero-order valence-corrected chi connectivity index (χ0v) is 9.95. The summed E-state index contributed by atoms with van der Waals surface area (Å²) in [7, 11) is 0. The van der Waals surface area contributed by atoms with Crippen molar-refractivity contribution in [1.29, 1.82) is 0 Å². The second-order valence-corrected chi connectivity index (χ2v) is 4.68. The lowest BCUT2D eigenvalue weighted by atomic mass is 10.2. The van der Waals surface area contributed by atoms with Gasteiger partial charge in [0, 0.05) is 13.1 Å². The molecule has 0 saturated heterocycles. The van der Waals surface area contributed by atoms with Gasteiger partial charge in [0.15, 0.2) is 5.13 Å². The summed E-state index contributed by atoms with van der Waals surface area (Å²) in [6, 6.07) is 3.89. The normalized spacial score (nSPS) is 10.9. The van der Waals surface area contributed by atoms with Gasteiger partial charge < -0.3 is 11.1 Å². The molecule has 0 aliphatic rings. The van der Waals surface area contributed by atoms with Gasteiger partial charge in [0.2, 0.25) is 0 Å². The molecule has 0 saturated carbocycles. The third-order valence-electron chi connectivity index (χ3n) is 2.12. The minimum absolute atomic E-state index is 0.600. The van der Waals surface area contributed by atoms with E-state index in [1.807, 2.05) is 19.1 Å². The van der Waals surface area contributed by atoms with E-state index in [9.17, 15) is 0 Å². The van der Waals surface area contributed by atoms with Crippen molar-refractivity contribution in [3.05, 3.63) is 22.7 Å². The fraction of sp³-hybridized carbons (Fsp3) is 0.300. The maximum atomic E-state index is 6.09. The molecule has 0 aliphatic carbocycles. The molecule has 0 fully saturated rings. The second-order valence-electron chi connectivity index (χ2n) is 3.28. The van der Waals surface area contributed by atoms with E-state index in [2.05, 4.69) is 10.3 Å². The Bertz CT molecular complexity index is 442. The summed E-state index contributed by atoms with van der Waals surface area (Å²) >= 11 is 7.66. The van der Waals surface area contributed by atoms with Crippen molar-refractivity contribution in [3.8, 4) is 0 Å². The van der Waals surface area contributed by atoms with Crippen LogP contribution in [0.15, 0.2) is 12.1 Å². The molecule has 0 radical (unpaired) electrons. The SMILES string of the molecule is Cc1ccc(Cl)c2sc(NCCN)nc12. The van der Waals surface area contributed by atoms with Crippen LogP contribution < -0.4 is 11.1 Å². The van der Waals surface area contributed by atoms with Gasteiger partial charge in [-0.3, -0.25) is 0 Å². The molecule has 1 aromatic heterocycles. The highest BCUT2D eigenvalue weighted by Crippen LogP contribution is 2.33. The lowest BCUT2D eigenvalue weighted by molar-refractivity contribution is 1.02. The molecule has 15 heavy (non-hydrogen) atoms. The number of benzene rings is 1. The molecule has 2 rings (SSSR count). The molecule has 0 aliphatic heterocycles. The molecule has 1 aromatic carbocycles. The van der Waals surface area contributed by atoms with Crippen LogP contribution in [-0.4, -0.2) is 18.1 Å². The highest BCUT2D eigenvalue weighted by atomic mass is 35.5. The van der Waals surface area contributed by atoms with Crippen LogP contribution in [-0.2, 0) is 0 Å². The number of nitrogens with two attached hydrogens (primary N) is 1. The third kappa shape index (κ3) is 2.07. The van der Waals surface area contributed by atoms with Crippen LogP contribution in [0.3, 0.4) is 0 Å². The van der Waals surface area contributed by atoms with Gasteiger partial charge in [0.05, 0.1) is 15.2 Å². The number of hydrogen-bond acceptors (Lipinski definition) is 4. The van der Waals surface area contributed by atoms with Crippen molar-refractivity contribution < 1.29 is 0 Å². The van der Waals surface area contributed by atoms with Gasteiger partial charge in [-0.15, -0.1) is 0 Å². The van der Waals surface area contributed by atoms with Crippen molar-refractivity contribution in [2.24, 2.45) is 5.73 Å². The highest BCUT2D eigenvalue weighted by molar-refractivity contribution is 7.22. The predicted molar refractivity (Wildman–Crippen MR) is 66.9 cm³/mol. The lowest BCUT2D eigenvalue weighted by Crippen LogP contribution is -2.12. The van der Waals surface area contributed by atoms with E-state index in [4.69, 9.17) is 17.3 Å². The number of nitrogens with zero attached hydrogens (tertiary/aromatic N) is 1. The quantitative estimate of drug-likeness (QED) is 0.869. The molecular weight excluding hydrogens is 230 g/mol. The number of fused-ring (bicyclic) bond motifs is 1. The van der Waals surface area contributed by atoms with Gasteiger partial charge in [-0.2, -0.15) is 0 Å². The molecule has 3 N–H and O–H groups in total. The summed E-state index contributed by atoms with van der Waals surface area (Å²) in [4.78, 5) is 4.48. The van der Waals surface area contributed by atoms with Gasteiger partial charge in [0.25, 0.3) is 0 Å². The first-order valence-corrected chi connectivity index (χ1v) is 5.91. The third-order valence-corrected chi connectivity index (χ3v) is 3.59. The van der Waals surface area contributed by atoms with Gasteiger partial charge in [0.1, 0.15) is 0 Å². The van der Waals surface area contributed by atoms with E-state index in [0.717, 1.165) is 32.5 Å². The molecule has 5 heteroatoms. The molecule has 0 bridgehead atoms. The first-order valence-electron chi connectivity index (χ1n) is 4.72. The minimum atomic E-state index is 0.600. The summed E-state index contributed by atoms with van der Waals surface area (Å²) in [6.07, 6.45) is 0. The maximum Gasteiger partial charge on any atom is 0.183 e. The number of hydrogen-bond donors (Lipinski definition) is 2. The van der Waals surface area contributed by atoms with Gasteiger partial charge in [-0.25, -0.2) is 4.98 Å². The van der Waals surface area contributed by atoms with Crippen LogP contribution in [0.5, 0.6) is 0 Å². The molecule has 0 atom stereocenters. The average molecular weight is 242 g/mol. The molecule has 2 aromatic rings. The molecule has 3 nitrogen and oxygen atoms in total. The van der Waals surface area contributed by atoms with E-state index in [0.29, 0.717) is 6.54 Å². The summed E-state index contributed by atoms with van der Waals surface area (Å²) < 4.78 is 1.04. The highest BCUT2D eigenvalue weighted by Gasteiger charge is 2.08. The molecule has 80 valence electrons. The fourth-order valence-corrected chi connectivity index (χ4v) is 2.60. The fourth-order valence-electron chi connectivity index (χ4n) is 1.36. The van der Waals surface area contributed by atoms with Crippen molar-refractivity contribution >= 4 is 38.3 Å². The van der Waals surface area contributed by atoms with E-state index < -0.39 is 0 Å². The van der Waals surface area contributed by atoms with Crippen molar-refractivity contribution in [3.63, 3.8) is 0 Å². The Balaban J connectivity index is 2.45. The Hall–Kier alpha value is -0.840. The number of rotatable bonds is 3. The number of halogens is 1. The molecule has 1 heterocycles. The Morgan fingerprint density at radius 1 is 1.53 bits per heavy atom. The number of aryl methyl sites for hydroxylation is 1. The van der Waals surface area contributed by atoms with E-state index >= 15 is 0 Å². The van der Waals surface area contributed by atoms with Crippen LogP contribution in [0.25, 0.3) is 10.2 Å². The van der Waals surface area contributed by atoms with Crippen LogP contribution in [0, 0.1) is 6.92 Å². The van der Waals surface area contributed by atoms with E-state index in [-0.39, 0.29) is 0 Å². The topological polar surface area (TPSA) is 50.9 Å². The molecule has 0 unspecified atom stereocenters. The monoisotopic (exact) mass is 241 g/mol.